The van der Waals surface area contributed by atoms with Gasteiger partial charge in [0, 0.05) is 11.9 Å². The molecule has 0 aliphatic heterocycles. The highest BCUT2D eigenvalue weighted by molar-refractivity contribution is 6.30. The summed E-state index contributed by atoms with van der Waals surface area (Å²) in [5.41, 5.74) is 3.02. The van der Waals surface area contributed by atoms with Gasteiger partial charge in [-0.1, -0.05) is 53.6 Å². The summed E-state index contributed by atoms with van der Waals surface area (Å²) in [7, 11) is 0. The number of hydrogen-bond acceptors (Lipinski definition) is 2. The first-order valence-electron chi connectivity index (χ1n) is 8.23. The lowest BCUT2D eigenvalue weighted by Gasteiger charge is -2.20. The van der Waals surface area contributed by atoms with Crippen molar-refractivity contribution in [3.8, 4) is 0 Å². The molecule has 2 unspecified atom stereocenters. The van der Waals surface area contributed by atoms with Crippen molar-refractivity contribution in [1.29, 1.82) is 0 Å². The summed E-state index contributed by atoms with van der Waals surface area (Å²) in [5.74, 6) is -0.286. The van der Waals surface area contributed by atoms with Gasteiger partial charge in [-0.2, -0.15) is 0 Å². The Morgan fingerprint density at radius 1 is 0.960 bits per heavy atom. The highest BCUT2D eigenvalue weighted by Crippen LogP contribution is 2.20. The van der Waals surface area contributed by atoms with Gasteiger partial charge in [-0.05, 0) is 37.1 Å². The average molecular weight is 359 g/mol. The van der Waals surface area contributed by atoms with E-state index in [0.717, 1.165) is 16.7 Å². The maximum absolute atomic E-state index is 12.4. The Bertz CT molecular complexity index is 726. The van der Waals surface area contributed by atoms with Crippen LogP contribution in [-0.2, 0) is 9.59 Å². The van der Waals surface area contributed by atoms with Gasteiger partial charge in [0.2, 0.25) is 11.8 Å². The van der Waals surface area contributed by atoms with E-state index < -0.39 is 0 Å². The lowest BCUT2D eigenvalue weighted by Crippen LogP contribution is -2.33. The van der Waals surface area contributed by atoms with E-state index in [4.69, 9.17) is 11.6 Å². The summed E-state index contributed by atoms with van der Waals surface area (Å²) in [6.07, 6.45) is 0.181. The molecular weight excluding hydrogens is 336 g/mol. The van der Waals surface area contributed by atoms with Crippen molar-refractivity contribution in [3.63, 3.8) is 0 Å². The Kier molecular flexibility index (Phi) is 6.59. The second-order valence-electron chi connectivity index (χ2n) is 6.21. The molecule has 0 saturated carbocycles. The maximum Gasteiger partial charge on any atom is 0.222 e. The van der Waals surface area contributed by atoms with Crippen LogP contribution in [0.5, 0.6) is 0 Å². The fourth-order valence-corrected chi connectivity index (χ4v) is 2.74. The Balaban J connectivity index is 2.04. The van der Waals surface area contributed by atoms with Crippen LogP contribution >= 0.6 is 11.6 Å². The molecule has 2 aromatic carbocycles. The van der Waals surface area contributed by atoms with Gasteiger partial charge < -0.3 is 10.6 Å². The Morgan fingerprint density at radius 2 is 1.52 bits per heavy atom. The van der Waals surface area contributed by atoms with Crippen molar-refractivity contribution in [2.45, 2.75) is 39.3 Å². The Morgan fingerprint density at radius 3 is 2.08 bits per heavy atom. The molecule has 2 N–H and O–H groups in total. The second-order valence-corrected chi connectivity index (χ2v) is 6.65. The van der Waals surface area contributed by atoms with E-state index in [1.54, 1.807) is 12.1 Å². The van der Waals surface area contributed by atoms with Gasteiger partial charge in [-0.3, -0.25) is 9.59 Å². The monoisotopic (exact) mass is 358 g/mol. The molecule has 132 valence electrons. The fourth-order valence-electron chi connectivity index (χ4n) is 2.62. The van der Waals surface area contributed by atoms with E-state index in [1.165, 1.54) is 6.92 Å². The van der Waals surface area contributed by atoms with Gasteiger partial charge >= 0.3 is 0 Å². The number of aryl methyl sites for hydroxylation is 1. The Hall–Kier alpha value is -2.33. The minimum atomic E-state index is -0.351. The molecule has 0 saturated heterocycles. The van der Waals surface area contributed by atoms with E-state index in [2.05, 4.69) is 10.6 Å². The SMILES string of the molecule is CC(=O)NC(CC(=O)NC(C)c1ccc(Cl)cc1)c1ccc(C)cc1. The maximum atomic E-state index is 12.4. The minimum Gasteiger partial charge on any atom is -0.350 e. The summed E-state index contributed by atoms with van der Waals surface area (Å²) in [5, 5.41) is 6.48. The van der Waals surface area contributed by atoms with Crippen LogP contribution in [0.2, 0.25) is 5.02 Å². The van der Waals surface area contributed by atoms with E-state index >= 15 is 0 Å². The summed E-state index contributed by atoms with van der Waals surface area (Å²) in [6.45, 7) is 5.37. The molecule has 5 heteroatoms. The van der Waals surface area contributed by atoms with Crippen LogP contribution in [0.3, 0.4) is 0 Å². The van der Waals surface area contributed by atoms with Crippen LogP contribution in [0.4, 0.5) is 0 Å². The van der Waals surface area contributed by atoms with Gasteiger partial charge in [-0.15, -0.1) is 0 Å². The first kappa shape index (κ1) is 19.0. The van der Waals surface area contributed by atoms with Crippen LogP contribution in [0.25, 0.3) is 0 Å². The minimum absolute atomic E-state index is 0.123. The molecule has 2 aromatic rings. The number of carbonyl (C=O) groups is 2. The van der Waals surface area contributed by atoms with Crippen molar-refractivity contribution in [2.75, 3.05) is 0 Å². The zero-order chi connectivity index (χ0) is 18.4. The highest BCUT2D eigenvalue weighted by atomic mass is 35.5. The van der Waals surface area contributed by atoms with Gasteiger partial charge in [0.05, 0.1) is 18.5 Å². The van der Waals surface area contributed by atoms with Crippen molar-refractivity contribution >= 4 is 23.4 Å². The Labute approximate surface area is 153 Å². The van der Waals surface area contributed by atoms with Crippen LogP contribution in [0.15, 0.2) is 48.5 Å². The third-order valence-corrected chi connectivity index (χ3v) is 4.25. The molecule has 2 rings (SSSR count). The molecule has 0 fully saturated rings. The number of halogens is 1. The third-order valence-electron chi connectivity index (χ3n) is 3.99. The first-order chi connectivity index (χ1) is 11.8. The van der Waals surface area contributed by atoms with Crippen molar-refractivity contribution in [3.05, 3.63) is 70.2 Å². The van der Waals surface area contributed by atoms with Crippen LogP contribution < -0.4 is 10.6 Å². The molecule has 2 amide bonds. The van der Waals surface area contributed by atoms with Gasteiger partial charge in [0.15, 0.2) is 0 Å². The molecule has 4 nitrogen and oxygen atoms in total. The molecule has 0 aliphatic carbocycles. The van der Waals surface area contributed by atoms with Crippen LogP contribution in [-0.4, -0.2) is 11.8 Å². The van der Waals surface area contributed by atoms with Gasteiger partial charge in [0.1, 0.15) is 0 Å². The predicted octanol–water partition coefficient (Wildman–Crippen LogP) is 4.09. The standard InChI is InChI=1S/C20H23ClN2O2/c1-13-4-6-17(7-5-13)19(23-15(3)24)12-20(25)22-14(2)16-8-10-18(21)11-9-16/h4-11,14,19H,12H2,1-3H3,(H,22,25)(H,23,24). The molecule has 0 aliphatic rings. The van der Waals surface area contributed by atoms with E-state index in [9.17, 15) is 9.59 Å². The number of hydrogen-bond donors (Lipinski definition) is 2. The van der Waals surface area contributed by atoms with Crippen molar-refractivity contribution in [2.24, 2.45) is 0 Å². The van der Waals surface area contributed by atoms with Crippen LogP contribution in [0.1, 0.15) is 49.0 Å². The second kappa shape index (κ2) is 8.67. The molecule has 0 bridgehead atoms. The molecule has 0 heterocycles. The zero-order valence-corrected chi connectivity index (χ0v) is 15.4. The average Bonchev–Trinajstić information content (AvgIpc) is 2.55. The number of nitrogens with one attached hydrogen (secondary N) is 2. The van der Waals surface area contributed by atoms with E-state index in [0.29, 0.717) is 5.02 Å². The zero-order valence-electron chi connectivity index (χ0n) is 14.7. The predicted molar refractivity (Wildman–Crippen MR) is 100 cm³/mol. The van der Waals surface area contributed by atoms with Crippen LogP contribution in [0, 0.1) is 6.92 Å². The molecule has 0 aromatic heterocycles. The first-order valence-corrected chi connectivity index (χ1v) is 8.61. The summed E-state index contributed by atoms with van der Waals surface area (Å²) >= 11 is 5.89. The number of benzene rings is 2. The third kappa shape index (κ3) is 5.91. The normalized spacial score (nSPS) is 13.0. The van der Waals surface area contributed by atoms with Gasteiger partial charge in [-0.25, -0.2) is 0 Å². The lowest BCUT2D eigenvalue weighted by molar-refractivity contribution is -0.123. The van der Waals surface area contributed by atoms with E-state index in [1.807, 2.05) is 50.2 Å². The van der Waals surface area contributed by atoms with Gasteiger partial charge in [0.25, 0.3) is 0 Å². The molecular formula is C20H23ClN2O2. The molecule has 2 atom stereocenters. The quantitative estimate of drug-likeness (QED) is 0.817. The number of rotatable bonds is 6. The van der Waals surface area contributed by atoms with Crippen molar-refractivity contribution in [1.82, 2.24) is 10.6 Å². The lowest BCUT2D eigenvalue weighted by atomic mass is 10.0. The fraction of sp³-hybridized carbons (Fsp3) is 0.300. The molecule has 25 heavy (non-hydrogen) atoms. The summed E-state index contributed by atoms with van der Waals surface area (Å²) < 4.78 is 0. The highest BCUT2D eigenvalue weighted by Gasteiger charge is 2.18. The van der Waals surface area contributed by atoms with E-state index in [-0.39, 0.29) is 30.3 Å². The number of amides is 2. The molecule has 0 radical (unpaired) electrons. The smallest absolute Gasteiger partial charge is 0.222 e. The number of carbonyl (C=O) groups excluding carboxylic acids is 2. The van der Waals surface area contributed by atoms with Crippen molar-refractivity contribution < 1.29 is 9.59 Å². The largest absolute Gasteiger partial charge is 0.350 e. The topological polar surface area (TPSA) is 58.2 Å². The summed E-state index contributed by atoms with van der Waals surface area (Å²) in [4.78, 5) is 23.9. The summed E-state index contributed by atoms with van der Waals surface area (Å²) in [6, 6.07) is 14.7. The molecule has 0 spiro atoms.